The molecule has 1 aliphatic carbocycles. The van der Waals surface area contributed by atoms with Gasteiger partial charge in [-0.15, -0.1) is 12.4 Å². The average molecular weight is 308 g/mol. The summed E-state index contributed by atoms with van der Waals surface area (Å²) in [7, 11) is 0. The van der Waals surface area contributed by atoms with E-state index in [9.17, 15) is 4.79 Å². The summed E-state index contributed by atoms with van der Waals surface area (Å²) in [6, 6.07) is 7.59. The Morgan fingerprint density at radius 1 is 1.48 bits per heavy atom. The van der Waals surface area contributed by atoms with Gasteiger partial charge in [-0.1, -0.05) is 25.1 Å². The van der Waals surface area contributed by atoms with Gasteiger partial charge in [-0.25, -0.2) is 0 Å². The van der Waals surface area contributed by atoms with E-state index in [4.69, 9.17) is 5.73 Å². The summed E-state index contributed by atoms with van der Waals surface area (Å²) in [6.07, 6.45) is 3.73. The van der Waals surface area contributed by atoms with Crippen molar-refractivity contribution in [1.29, 1.82) is 0 Å². The molecule has 4 N–H and O–H groups in total. The van der Waals surface area contributed by atoms with Crippen molar-refractivity contribution >= 4 is 29.2 Å². The monoisotopic (exact) mass is 307 g/mol. The van der Waals surface area contributed by atoms with Crippen LogP contribution in [0.5, 0.6) is 0 Å². The minimum Gasteiger partial charge on any atom is -0.361 e. The van der Waals surface area contributed by atoms with Crippen LogP contribution >= 0.6 is 12.4 Å². The summed E-state index contributed by atoms with van der Waals surface area (Å²) in [4.78, 5) is 15.2. The molecular weight excluding hydrogens is 286 g/mol. The number of carbonyl (C=O) groups excluding carboxylic acids is 1. The Labute approximate surface area is 130 Å². The standard InChI is InChI=1S/C16H21N3O.ClH/c1-10-6-11(10)8-19-16(20)14(17)7-12-9-18-15-5-3-2-4-13(12)15;/h2-5,9-11,14,18H,6-8,17H2,1H3,(H,19,20);1H/t10?,11?,14-;/m0./s1. The molecule has 1 aromatic heterocycles. The fourth-order valence-electron chi connectivity index (χ4n) is 2.68. The van der Waals surface area contributed by atoms with Crippen molar-refractivity contribution in [3.8, 4) is 0 Å². The Morgan fingerprint density at radius 3 is 2.90 bits per heavy atom. The maximum absolute atomic E-state index is 12.0. The number of aromatic amines is 1. The van der Waals surface area contributed by atoms with Gasteiger partial charge in [0.05, 0.1) is 6.04 Å². The SMILES string of the molecule is CC1CC1CNC(=O)[C@@H](N)Cc1c[nH]c2ccccc12.Cl. The Kier molecular flexibility index (Phi) is 4.91. The molecule has 2 aromatic rings. The number of hydrogen-bond donors (Lipinski definition) is 3. The third kappa shape index (κ3) is 3.57. The molecule has 0 bridgehead atoms. The van der Waals surface area contributed by atoms with Gasteiger partial charge in [0.15, 0.2) is 0 Å². The van der Waals surface area contributed by atoms with E-state index in [2.05, 4.69) is 23.3 Å². The molecule has 0 saturated heterocycles. The summed E-state index contributed by atoms with van der Waals surface area (Å²) < 4.78 is 0. The third-order valence-corrected chi connectivity index (χ3v) is 4.27. The number of nitrogens with one attached hydrogen (secondary N) is 2. The normalized spacial score (nSPS) is 21.6. The first-order valence-corrected chi connectivity index (χ1v) is 7.23. The smallest absolute Gasteiger partial charge is 0.237 e. The van der Waals surface area contributed by atoms with E-state index in [1.54, 1.807) is 0 Å². The quantitative estimate of drug-likeness (QED) is 0.792. The van der Waals surface area contributed by atoms with Gasteiger partial charge in [-0.2, -0.15) is 0 Å². The van der Waals surface area contributed by atoms with Gasteiger partial charge in [0.1, 0.15) is 0 Å². The second-order valence-corrected chi connectivity index (χ2v) is 5.89. The van der Waals surface area contributed by atoms with Crippen molar-refractivity contribution in [2.24, 2.45) is 17.6 Å². The molecule has 2 unspecified atom stereocenters. The second kappa shape index (κ2) is 6.50. The first-order valence-electron chi connectivity index (χ1n) is 7.23. The Hall–Kier alpha value is -1.52. The number of hydrogen-bond acceptors (Lipinski definition) is 2. The Bertz CT molecular complexity index is 625. The minimum absolute atomic E-state index is 0. The highest BCUT2D eigenvalue weighted by atomic mass is 35.5. The zero-order chi connectivity index (χ0) is 14.1. The Morgan fingerprint density at radius 2 is 2.19 bits per heavy atom. The van der Waals surface area contributed by atoms with Crippen molar-refractivity contribution in [2.75, 3.05) is 6.54 Å². The molecule has 3 rings (SSSR count). The molecular formula is C16H22ClN3O. The van der Waals surface area contributed by atoms with Crippen LogP contribution in [0.25, 0.3) is 10.9 Å². The van der Waals surface area contributed by atoms with Gasteiger partial charge >= 0.3 is 0 Å². The van der Waals surface area contributed by atoms with E-state index in [0.29, 0.717) is 12.3 Å². The zero-order valence-electron chi connectivity index (χ0n) is 12.1. The molecule has 114 valence electrons. The maximum Gasteiger partial charge on any atom is 0.237 e. The number of fused-ring (bicyclic) bond motifs is 1. The number of para-hydroxylation sites is 1. The van der Waals surface area contributed by atoms with Crippen LogP contribution in [0.2, 0.25) is 0 Å². The van der Waals surface area contributed by atoms with Crippen molar-refractivity contribution in [3.63, 3.8) is 0 Å². The lowest BCUT2D eigenvalue weighted by atomic mass is 10.1. The summed E-state index contributed by atoms with van der Waals surface area (Å²) in [5.41, 5.74) is 8.20. The van der Waals surface area contributed by atoms with Crippen LogP contribution in [0, 0.1) is 11.8 Å². The van der Waals surface area contributed by atoms with Crippen LogP contribution in [-0.2, 0) is 11.2 Å². The van der Waals surface area contributed by atoms with Crippen LogP contribution in [0.15, 0.2) is 30.5 Å². The fourth-order valence-corrected chi connectivity index (χ4v) is 2.68. The topological polar surface area (TPSA) is 70.9 Å². The molecule has 1 aromatic carbocycles. The largest absolute Gasteiger partial charge is 0.361 e. The van der Waals surface area contributed by atoms with E-state index in [1.807, 2.05) is 24.4 Å². The van der Waals surface area contributed by atoms with Gasteiger partial charge in [-0.3, -0.25) is 4.79 Å². The fraction of sp³-hybridized carbons (Fsp3) is 0.438. The van der Waals surface area contributed by atoms with E-state index >= 15 is 0 Å². The third-order valence-electron chi connectivity index (χ3n) is 4.27. The van der Waals surface area contributed by atoms with Gasteiger partial charge in [0.25, 0.3) is 0 Å². The van der Waals surface area contributed by atoms with E-state index in [1.165, 1.54) is 6.42 Å². The predicted molar refractivity (Wildman–Crippen MR) is 87.5 cm³/mol. The molecule has 1 heterocycles. The lowest BCUT2D eigenvalue weighted by molar-refractivity contribution is -0.122. The molecule has 3 atom stereocenters. The maximum atomic E-state index is 12.0. The molecule has 4 nitrogen and oxygen atoms in total. The summed E-state index contributed by atoms with van der Waals surface area (Å²) in [5.74, 6) is 1.36. The van der Waals surface area contributed by atoms with Crippen molar-refractivity contribution in [1.82, 2.24) is 10.3 Å². The predicted octanol–water partition coefficient (Wildman–Crippen LogP) is 2.23. The molecule has 1 fully saturated rings. The van der Waals surface area contributed by atoms with Gasteiger partial charge in [0.2, 0.25) is 5.91 Å². The highest BCUT2D eigenvalue weighted by molar-refractivity contribution is 5.86. The van der Waals surface area contributed by atoms with Gasteiger partial charge in [-0.05, 0) is 36.3 Å². The Balaban J connectivity index is 0.00000161. The summed E-state index contributed by atoms with van der Waals surface area (Å²) >= 11 is 0. The molecule has 5 heteroatoms. The number of aromatic nitrogens is 1. The minimum atomic E-state index is -0.483. The molecule has 0 radical (unpaired) electrons. The van der Waals surface area contributed by atoms with E-state index < -0.39 is 6.04 Å². The van der Waals surface area contributed by atoms with Crippen LogP contribution in [0.1, 0.15) is 18.9 Å². The van der Waals surface area contributed by atoms with Crippen LogP contribution < -0.4 is 11.1 Å². The number of nitrogens with two attached hydrogens (primary N) is 1. The summed E-state index contributed by atoms with van der Waals surface area (Å²) in [5, 5.41) is 4.11. The highest BCUT2D eigenvalue weighted by Crippen LogP contribution is 2.36. The second-order valence-electron chi connectivity index (χ2n) is 5.89. The molecule has 0 spiro atoms. The number of H-pyrrole nitrogens is 1. The number of carbonyl (C=O) groups is 1. The van der Waals surface area contributed by atoms with Crippen molar-refractivity contribution in [2.45, 2.75) is 25.8 Å². The molecule has 21 heavy (non-hydrogen) atoms. The summed E-state index contributed by atoms with van der Waals surface area (Å²) in [6.45, 7) is 2.98. The van der Waals surface area contributed by atoms with E-state index in [0.717, 1.165) is 28.9 Å². The van der Waals surface area contributed by atoms with Crippen LogP contribution in [-0.4, -0.2) is 23.5 Å². The number of halogens is 1. The molecule has 1 saturated carbocycles. The lowest BCUT2D eigenvalue weighted by Gasteiger charge is -2.11. The van der Waals surface area contributed by atoms with Gasteiger partial charge < -0.3 is 16.0 Å². The average Bonchev–Trinajstić information content (AvgIpc) is 3.01. The van der Waals surface area contributed by atoms with E-state index in [-0.39, 0.29) is 18.3 Å². The highest BCUT2D eigenvalue weighted by Gasteiger charge is 2.32. The van der Waals surface area contributed by atoms with Crippen LogP contribution in [0.3, 0.4) is 0 Å². The molecule has 1 aliphatic rings. The first kappa shape index (κ1) is 15.9. The molecule has 1 amide bonds. The van der Waals surface area contributed by atoms with Crippen molar-refractivity contribution < 1.29 is 4.79 Å². The number of benzene rings is 1. The lowest BCUT2D eigenvalue weighted by Crippen LogP contribution is -2.42. The van der Waals surface area contributed by atoms with Crippen LogP contribution in [0.4, 0.5) is 0 Å². The number of rotatable bonds is 5. The van der Waals surface area contributed by atoms with Gasteiger partial charge in [0, 0.05) is 23.6 Å². The van der Waals surface area contributed by atoms with Crippen molar-refractivity contribution in [3.05, 3.63) is 36.0 Å². The first-order chi connectivity index (χ1) is 9.65. The zero-order valence-corrected chi connectivity index (χ0v) is 13.0. The number of amides is 1. The molecule has 0 aliphatic heterocycles.